The number of aromatic nitrogens is 2. The molecular weight excluding hydrogens is 420 g/mol. The van der Waals surface area contributed by atoms with Crippen LogP contribution >= 0.6 is 0 Å². The molecule has 1 aromatic heterocycles. The molecule has 0 aliphatic rings. The Balaban J connectivity index is 0.000000546. The van der Waals surface area contributed by atoms with Gasteiger partial charge in [-0.3, -0.25) is 0 Å². The maximum absolute atomic E-state index is 9.91. The third kappa shape index (κ3) is 9.60. The van der Waals surface area contributed by atoms with Crippen LogP contribution in [0.15, 0.2) is 42.7 Å². The van der Waals surface area contributed by atoms with E-state index in [2.05, 4.69) is 40.7 Å². The number of rotatable bonds is 2. The van der Waals surface area contributed by atoms with E-state index in [1.807, 2.05) is 25.4 Å². The number of benzene rings is 1. The van der Waals surface area contributed by atoms with Crippen molar-refractivity contribution in [1.82, 2.24) is 4.98 Å². The van der Waals surface area contributed by atoms with Gasteiger partial charge in [-0.15, -0.1) is 0 Å². The fraction of sp³-hybridized carbons (Fsp3) is 0.231. The molecular formula is C13H15F6N2Sb. The second kappa shape index (κ2) is 7.81. The first kappa shape index (κ1) is 20.7. The summed E-state index contributed by atoms with van der Waals surface area (Å²) in [6.07, 6.45) is 3.88. The topological polar surface area (TPSA) is 16.8 Å². The van der Waals surface area contributed by atoms with Gasteiger partial charge in [0.2, 0.25) is 0 Å². The molecule has 0 amide bonds. The second-order valence-corrected chi connectivity index (χ2v) is 8.00. The number of hydrogen-bond acceptors (Lipinski definition) is 1. The molecule has 0 unspecified atom stereocenters. The van der Waals surface area contributed by atoms with Crippen molar-refractivity contribution in [1.29, 1.82) is 0 Å². The number of aryl methyl sites for hydroxylation is 1. The van der Waals surface area contributed by atoms with Crippen LogP contribution in [0.5, 0.6) is 0 Å². The van der Waals surface area contributed by atoms with Gasteiger partial charge in [-0.05, 0) is 6.92 Å². The third-order valence-corrected chi connectivity index (χ3v) is 2.66. The van der Waals surface area contributed by atoms with Crippen LogP contribution in [0.25, 0.3) is 0 Å². The number of hydrogen-bond donors (Lipinski definition) is 0. The average molecular weight is 435 g/mol. The van der Waals surface area contributed by atoms with Gasteiger partial charge in [0, 0.05) is 12.5 Å². The summed E-state index contributed by atoms with van der Waals surface area (Å²) in [5, 5.41) is 0. The molecule has 1 aromatic carbocycles. The molecule has 1 heterocycles. The third-order valence-electron chi connectivity index (χ3n) is 2.66. The van der Waals surface area contributed by atoms with Crippen LogP contribution in [0.1, 0.15) is 17.0 Å². The summed E-state index contributed by atoms with van der Waals surface area (Å²) >= 11 is -9.19. The Kier molecular flexibility index (Phi) is 7.35. The van der Waals surface area contributed by atoms with Gasteiger partial charge >= 0.3 is 34.4 Å². The molecule has 0 saturated carbocycles. The fourth-order valence-electron chi connectivity index (χ4n) is 1.59. The van der Waals surface area contributed by atoms with E-state index >= 15 is 0 Å². The van der Waals surface area contributed by atoms with E-state index in [1.165, 1.54) is 11.3 Å². The summed E-state index contributed by atoms with van der Waals surface area (Å²) in [7, 11) is 0. The van der Waals surface area contributed by atoms with Crippen molar-refractivity contribution in [3.05, 3.63) is 59.7 Å². The average Bonchev–Trinajstić information content (AvgIpc) is 2.33. The zero-order valence-electron chi connectivity index (χ0n) is 11.9. The first-order valence-corrected chi connectivity index (χ1v) is 10.8. The zero-order chi connectivity index (χ0) is 16.1. The van der Waals surface area contributed by atoms with Crippen molar-refractivity contribution in [2.45, 2.75) is 20.4 Å². The Morgan fingerprint density at radius 1 is 1.00 bits per heavy atom. The Morgan fingerprint density at radius 3 is 2.00 bits per heavy atom. The van der Waals surface area contributed by atoms with Crippen LogP contribution in [0.4, 0.5) is 14.1 Å². The number of halogens is 6. The van der Waals surface area contributed by atoms with Gasteiger partial charge < -0.3 is 4.70 Å². The molecule has 2 aromatic rings. The van der Waals surface area contributed by atoms with Crippen LogP contribution in [0, 0.1) is 13.8 Å². The maximum atomic E-state index is 9.91. The van der Waals surface area contributed by atoms with Gasteiger partial charge in [-0.2, -0.15) is 4.57 Å². The van der Waals surface area contributed by atoms with Crippen molar-refractivity contribution < 1.29 is 23.3 Å². The molecule has 22 heavy (non-hydrogen) atoms. The zero-order valence-corrected chi connectivity index (χ0v) is 14.4. The van der Waals surface area contributed by atoms with Crippen LogP contribution < -0.4 is 9.27 Å². The van der Waals surface area contributed by atoms with E-state index in [-0.39, 0.29) is 4.70 Å². The Hall–Kier alpha value is -1.30. The summed E-state index contributed by atoms with van der Waals surface area (Å²) < 4.78 is 51.8. The molecule has 0 atom stereocenters. The molecule has 124 valence electrons. The van der Waals surface area contributed by atoms with E-state index in [9.17, 15) is 14.1 Å². The van der Waals surface area contributed by atoms with Gasteiger partial charge in [0.1, 0.15) is 5.69 Å². The summed E-state index contributed by atoms with van der Waals surface area (Å²) in [4.78, 5) is 4.26. The first-order valence-electron chi connectivity index (χ1n) is 5.97. The Bertz CT molecular complexity index is 582. The summed E-state index contributed by atoms with van der Waals surface area (Å²) in [6, 6.07) is 10.5. The van der Waals surface area contributed by atoms with E-state index in [0.717, 1.165) is 12.2 Å². The van der Waals surface area contributed by atoms with Crippen LogP contribution in [0.2, 0.25) is 0 Å². The van der Waals surface area contributed by atoms with Crippen molar-refractivity contribution >= 4 is 20.3 Å². The van der Waals surface area contributed by atoms with E-state index in [0.29, 0.717) is 0 Å². The van der Waals surface area contributed by atoms with Crippen LogP contribution in [-0.2, 0) is 6.54 Å². The van der Waals surface area contributed by atoms with Gasteiger partial charge in [0.05, 0.1) is 6.20 Å². The van der Waals surface area contributed by atoms with Crippen molar-refractivity contribution in [3.8, 4) is 0 Å². The van der Waals surface area contributed by atoms with Gasteiger partial charge in [0.25, 0.3) is 0 Å². The van der Waals surface area contributed by atoms with Crippen molar-refractivity contribution in [2.75, 3.05) is 0 Å². The standard InChI is InChI=1S/C13H15N2.6FH.Sb/c1-11-12(2)15(9-8-14-11)10-13-6-4-3-5-7-13;;;;;;;/h3-9H,10H2,1-2H3;6*1H;/q+1;;;;;;;+5/p-6. The summed E-state index contributed by atoms with van der Waals surface area (Å²) in [5.74, 6) is 0. The minimum absolute atomic E-state index is 0. The molecule has 0 aliphatic heterocycles. The fourth-order valence-corrected chi connectivity index (χ4v) is 1.59. The summed E-state index contributed by atoms with van der Waals surface area (Å²) in [5.41, 5.74) is 3.63. The summed E-state index contributed by atoms with van der Waals surface area (Å²) in [6.45, 7) is 5.05. The SMILES string of the molecule is Cc1ncc[n+](Cc2ccccc2)c1C.[F-].[F][Sb]([F])([F])([F])[F]. The Labute approximate surface area is 129 Å². The second-order valence-electron chi connectivity index (χ2n) is 4.35. The minimum atomic E-state index is -9.19. The van der Waals surface area contributed by atoms with Crippen LogP contribution in [0.3, 0.4) is 0 Å². The quantitative estimate of drug-likeness (QED) is 0.387. The molecule has 0 bridgehead atoms. The van der Waals surface area contributed by atoms with Crippen molar-refractivity contribution in [2.24, 2.45) is 0 Å². The van der Waals surface area contributed by atoms with E-state index in [1.54, 1.807) is 0 Å². The molecule has 0 spiro atoms. The Morgan fingerprint density at radius 2 is 1.50 bits per heavy atom. The predicted octanol–water partition coefficient (Wildman–Crippen LogP) is 0.758. The van der Waals surface area contributed by atoms with Gasteiger partial charge in [0.15, 0.2) is 18.4 Å². The molecule has 0 N–H and O–H groups in total. The molecule has 0 radical (unpaired) electrons. The number of nitrogens with zero attached hydrogens (tertiary/aromatic N) is 2. The van der Waals surface area contributed by atoms with Crippen LogP contribution in [-0.4, -0.2) is 25.3 Å². The van der Waals surface area contributed by atoms with Gasteiger partial charge in [-0.1, -0.05) is 30.3 Å². The molecule has 0 saturated heterocycles. The van der Waals surface area contributed by atoms with Gasteiger partial charge in [-0.25, -0.2) is 4.98 Å². The monoisotopic (exact) mass is 434 g/mol. The normalized spacial score (nSPS) is 12.2. The first-order chi connectivity index (χ1) is 9.51. The molecule has 0 fully saturated rings. The molecule has 2 nitrogen and oxygen atoms in total. The van der Waals surface area contributed by atoms with Crippen molar-refractivity contribution in [3.63, 3.8) is 0 Å². The predicted molar refractivity (Wildman–Crippen MR) is 70.7 cm³/mol. The molecule has 9 heteroatoms. The molecule has 0 aliphatic carbocycles. The van der Waals surface area contributed by atoms with E-state index in [4.69, 9.17) is 0 Å². The molecule has 2 rings (SSSR count). The van der Waals surface area contributed by atoms with E-state index < -0.39 is 20.3 Å².